The van der Waals surface area contributed by atoms with Gasteiger partial charge >= 0.3 is 0 Å². The second-order valence-corrected chi connectivity index (χ2v) is 3.23. The molecule has 1 fully saturated rings. The Morgan fingerprint density at radius 1 is 1.25 bits per heavy atom. The Hall–Kier alpha value is -0.890. The van der Waals surface area contributed by atoms with E-state index in [0.717, 1.165) is 5.56 Å². The quantitative estimate of drug-likeness (QED) is 0.709. The number of aliphatic hydroxyl groups excluding tert-OH is 1. The van der Waals surface area contributed by atoms with Crippen molar-refractivity contribution >= 4 is 0 Å². The van der Waals surface area contributed by atoms with Crippen molar-refractivity contribution in [2.75, 3.05) is 6.61 Å². The van der Waals surface area contributed by atoms with Crippen molar-refractivity contribution in [3.05, 3.63) is 35.9 Å². The molecule has 3 atom stereocenters. The van der Waals surface area contributed by atoms with Gasteiger partial charge in [0.05, 0.1) is 0 Å². The molecule has 1 aliphatic carbocycles. The van der Waals surface area contributed by atoms with Gasteiger partial charge in [-0.3, -0.25) is 0 Å². The van der Waals surface area contributed by atoms with Crippen molar-refractivity contribution in [1.82, 2.24) is 0 Å². The van der Waals surface area contributed by atoms with Crippen LogP contribution in [0.25, 0.3) is 0 Å². The van der Waals surface area contributed by atoms with E-state index in [1.54, 1.807) is 0 Å². The molecule has 64 valence electrons. The van der Waals surface area contributed by atoms with Crippen LogP contribution in [0.2, 0.25) is 0 Å². The zero-order chi connectivity index (χ0) is 8.55. The van der Waals surface area contributed by atoms with E-state index in [9.17, 15) is 4.39 Å². The standard InChI is InChI=1S/C10H11FO/c11-10-8(6-12)9(10)7-4-2-1-3-5-7/h1-5,8-10,12H,6H2/t8-,9-,10+/m1/s1. The van der Waals surface area contributed by atoms with E-state index in [1.165, 1.54) is 0 Å². The number of hydrogen-bond acceptors (Lipinski definition) is 1. The van der Waals surface area contributed by atoms with Gasteiger partial charge in [0.1, 0.15) is 6.17 Å². The highest BCUT2D eigenvalue weighted by Crippen LogP contribution is 2.49. The molecular formula is C10H11FO. The summed E-state index contributed by atoms with van der Waals surface area (Å²) >= 11 is 0. The lowest BCUT2D eigenvalue weighted by molar-refractivity contribution is 0.257. The molecule has 0 aromatic heterocycles. The molecule has 1 aromatic rings. The fourth-order valence-electron chi connectivity index (χ4n) is 1.65. The molecule has 0 bridgehead atoms. The molecule has 1 aromatic carbocycles. The molecule has 2 rings (SSSR count). The van der Waals surface area contributed by atoms with Crippen LogP contribution in [0.15, 0.2) is 30.3 Å². The van der Waals surface area contributed by atoms with Gasteiger partial charge in [-0.1, -0.05) is 30.3 Å². The summed E-state index contributed by atoms with van der Waals surface area (Å²) < 4.78 is 13.0. The Kier molecular flexibility index (Phi) is 1.85. The van der Waals surface area contributed by atoms with Crippen molar-refractivity contribution in [2.24, 2.45) is 5.92 Å². The molecule has 0 aliphatic heterocycles. The highest BCUT2D eigenvalue weighted by Gasteiger charge is 2.51. The van der Waals surface area contributed by atoms with Crippen molar-refractivity contribution in [3.8, 4) is 0 Å². The highest BCUT2D eigenvalue weighted by atomic mass is 19.1. The smallest absolute Gasteiger partial charge is 0.113 e. The molecule has 1 N–H and O–H groups in total. The second kappa shape index (κ2) is 2.87. The Labute approximate surface area is 70.8 Å². The highest BCUT2D eigenvalue weighted by molar-refractivity contribution is 5.29. The fourth-order valence-corrected chi connectivity index (χ4v) is 1.65. The number of hydrogen-bond donors (Lipinski definition) is 1. The summed E-state index contributed by atoms with van der Waals surface area (Å²) in [5, 5.41) is 8.77. The maximum atomic E-state index is 13.0. The van der Waals surface area contributed by atoms with Crippen molar-refractivity contribution in [3.63, 3.8) is 0 Å². The Morgan fingerprint density at radius 3 is 2.42 bits per heavy atom. The van der Waals surface area contributed by atoms with Crippen LogP contribution in [0.5, 0.6) is 0 Å². The monoisotopic (exact) mass is 166 g/mol. The molecule has 0 spiro atoms. The van der Waals surface area contributed by atoms with E-state index in [1.807, 2.05) is 30.3 Å². The topological polar surface area (TPSA) is 20.2 Å². The lowest BCUT2D eigenvalue weighted by Gasteiger charge is -1.95. The van der Waals surface area contributed by atoms with Crippen molar-refractivity contribution < 1.29 is 9.50 Å². The van der Waals surface area contributed by atoms with Gasteiger partial charge in [-0.15, -0.1) is 0 Å². The van der Waals surface area contributed by atoms with E-state index < -0.39 is 6.17 Å². The third-order valence-corrected chi connectivity index (χ3v) is 2.47. The summed E-state index contributed by atoms with van der Waals surface area (Å²) in [5.74, 6) is -0.219. The van der Waals surface area contributed by atoms with Crippen molar-refractivity contribution in [2.45, 2.75) is 12.1 Å². The van der Waals surface area contributed by atoms with E-state index >= 15 is 0 Å². The molecule has 1 nitrogen and oxygen atoms in total. The molecule has 0 radical (unpaired) electrons. The minimum absolute atomic E-state index is 0.0409. The molecule has 0 unspecified atom stereocenters. The predicted molar refractivity (Wildman–Crippen MR) is 44.7 cm³/mol. The van der Waals surface area contributed by atoms with Crippen LogP contribution < -0.4 is 0 Å². The Bertz CT molecular complexity index is 260. The molecule has 0 heterocycles. The van der Waals surface area contributed by atoms with Gasteiger partial charge in [0.15, 0.2) is 0 Å². The van der Waals surface area contributed by atoms with Gasteiger partial charge in [0.25, 0.3) is 0 Å². The summed E-state index contributed by atoms with van der Waals surface area (Å²) in [6.45, 7) is -0.0409. The van der Waals surface area contributed by atoms with Crippen LogP contribution in [0.4, 0.5) is 4.39 Å². The molecular weight excluding hydrogens is 155 g/mol. The summed E-state index contributed by atoms with van der Waals surface area (Å²) in [6.07, 6.45) is -0.836. The largest absolute Gasteiger partial charge is 0.396 e. The van der Waals surface area contributed by atoms with Gasteiger partial charge in [-0.2, -0.15) is 0 Å². The maximum Gasteiger partial charge on any atom is 0.113 e. The average molecular weight is 166 g/mol. The van der Waals surface area contributed by atoms with Crippen LogP contribution >= 0.6 is 0 Å². The van der Waals surface area contributed by atoms with Crippen LogP contribution in [0, 0.1) is 5.92 Å². The third kappa shape index (κ3) is 1.12. The first-order valence-electron chi connectivity index (χ1n) is 4.14. The van der Waals surface area contributed by atoms with Crippen molar-refractivity contribution in [1.29, 1.82) is 0 Å². The zero-order valence-corrected chi connectivity index (χ0v) is 6.65. The molecule has 1 aliphatic rings. The molecule has 2 heteroatoms. The van der Waals surface area contributed by atoms with E-state index in [-0.39, 0.29) is 18.4 Å². The van der Waals surface area contributed by atoms with Gasteiger partial charge in [-0.05, 0) is 5.56 Å². The number of aliphatic hydroxyl groups is 1. The summed E-state index contributed by atoms with van der Waals surface area (Å²) in [6, 6.07) is 9.52. The lowest BCUT2D eigenvalue weighted by atomic mass is 10.1. The second-order valence-electron chi connectivity index (χ2n) is 3.23. The number of benzene rings is 1. The fraction of sp³-hybridized carbons (Fsp3) is 0.400. The van der Waals surface area contributed by atoms with E-state index in [2.05, 4.69) is 0 Å². The van der Waals surface area contributed by atoms with Gasteiger partial charge in [0, 0.05) is 18.4 Å². The Balaban J connectivity index is 2.14. The summed E-state index contributed by atoms with van der Waals surface area (Å²) in [5.41, 5.74) is 1.00. The minimum Gasteiger partial charge on any atom is -0.396 e. The normalized spacial score (nSPS) is 33.3. The van der Waals surface area contributed by atoms with Gasteiger partial charge in [0.2, 0.25) is 0 Å². The third-order valence-electron chi connectivity index (χ3n) is 2.47. The minimum atomic E-state index is -0.836. The first kappa shape index (κ1) is 7.74. The number of rotatable bonds is 2. The van der Waals surface area contributed by atoms with E-state index in [0.29, 0.717) is 0 Å². The molecule has 0 saturated heterocycles. The van der Waals surface area contributed by atoms with Gasteiger partial charge in [-0.25, -0.2) is 4.39 Å². The average Bonchev–Trinajstić information content (AvgIpc) is 2.78. The zero-order valence-electron chi connectivity index (χ0n) is 6.65. The van der Waals surface area contributed by atoms with Crippen LogP contribution in [0.3, 0.4) is 0 Å². The number of halogens is 1. The van der Waals surface area contributed by atoms with Gasteiger partial charge < -0.3 is 5.11 Å². The van der Waals surface area contributed by atoms with Crippen LogP contribution in [-0.4, -0.2) is 17.9 Å². The Morgan fingerprint density at radius 2 is 1.92 bits per heavy atom. The summed E-state index contributed by atoms with van der Waals surface area (Å²) in [7, 11) is 0. The lowest BCUT2D eigenvalue weighted by Crippen LogP contribution is -1.88. The SMILES string of the molecule is OC[C@H]1[C@H](F)[C@@H]1c1ccccc1. The molecule has 12 heavy (non-hydrogen) atoms. The first-order valence-corrected chi connectivity index (χ1v) is 4.14. The summed E-state index contributed by atoms with van der Waals surface area (Å²) in [4.78, 5) is 0. The predicted octanol–water partition coefficient (Wildman–Crippen LogP) is 1.73. The maximum absolute atomic E-state index is 13.0. The first-order chi connectivity index (χ1) is 5.84. The molecule has 1 saturated carbocycles. The van der Waals surface area contributed by atoms with Crippen LogP contribution in [0.1, 0.15) is 11.5 Å². The van der Waals surface area contributed by atoms with E-state index in [4.69, 9.17) is 5.11 Å². The molecule has 0 amide bonds. The number of alkyl halides is 1. The van der Waals surface area contributed by atoms with Crippen LogP contribution in [-0.2, 0) is 0 Å².